The normalized spacial score (nSPS) is 12.7. The standard InChI is InChI=1S/C45H21N3O6/c49-40-31-25(16-13-22-19-7-1-4-10-28(19)52-43(22)31)46-37-34(40)38-36(42(51)32-26(47-38)17-14-23-20-8-2-5-11-29(20)53-44(23)32)39-35(37)41(50)33-27(48-39)18-15-24-21-9-3-6-12-30(21)54-45(24)33/h1-18H,(H,46,49)(H,47,51)(H,48,50). The SMILES string of the molecule is O=c1c2c([nH]c3ccc4c5ccccc5oc4c13)c1c(=O)c3c(ccc4c5ccccc5oc43)[nH]c1c1c(=O)c3c(ccc4c5ccccc5oc43)[nH]c21. The predicted molar refractivity (Wildman–Crippen MR) is 215 cm³/mol. The van der Waals surface area contributed by atoms with E-state index < -0.39 is 0 Å². The number of furan rings is 3. The smallest absolute Gasteiger partial charge is 0.203 e. The zero-order valence-corrected chi connectivity index (χ0v) is 27.8. The molecule has 252 valence electrons. The Kier molecular flexibility index (Phi) is 4.88. The molecule has 13 aromatic rings. The van der Waals surface area contributed by atoms with Gasteiger partial charge in [-0.05, 0) is 54.6 Å². The maximum absolute atomic E-state index is 15.2. The fourth-order valence-corrected chi connectivity index (χ4v) is 8.94. The van der Waals surface area contributed by atoms with Crippen LogP contribution in [0, 0.1) is 0 Å². The number of fused-ring (bicyclic) bond motifs is 21. The van der Waals surface area contributed by atoms with Gasteiger partial charge < -0.3 is 28.2 Å². The van der Waals surface area contributed by atoms with Gasteiger partial charge in [0.2, 0.25) is 16.3 Å². The fourth-order valence-electron chi connectivity index (χ4n) is 8.94. The first-order valence-electron chi connectivity index (χ1n) is 17.6. The largest absolute Gasteiger partial charge is 0.455 e. The van der Waals surface area contributed by atoms with E-state index in [-0.39, 0.29) is 32.4 Å². The van der Waals surface area contributed by atoms with Crippen molar-refractivity contribution in [2.45, 2.75) is 0 Å². The van der Waals surface area contributed by atoms with E-state index in [4.69, 9.17) is 13.3 Å². The molecule has 0 bridgehead atoms. The topological polar surface area (TPSA) is 138 Å². The molecule has 9 heteroatoms. The molecule has 0 spiro atoms. The molecule has 7 aromatic carbocycles. The molecule has 0 fully saturated rings. The van der Waals surface area contributed by atoms with Crippen LogP contribution in [0.1, 0.15) is 0 Å². The van der Waals surface area contributed by atoms with Crippen LogP contribution in [0.3, 0.4) is 0 Å². The Morgan fingerprint density at radius 2 is 0.611 bits per heavy atom. The highest BCUT2D eigenvalue weighted by molar-refractivity contribution is 6.29. The van der Waals surface area contributed by atoms with Gasteiger partial charge in [-0.15, -0.1) is 0 Å². The third-order valence-electron chi connectivity index (χ3n) is 11.3. The first-order valence-corrected chi connectivity index (χ1v) is 17.6. The van der Waals surface area contributed by atoms with Crippen molar-refractivity contribution in [3.05, 3.63) is 140 Å². The molecule has 0 aliphatic heterocycles. The van der Waals surface area contributed by atoms with Crippen LogP contribution in [0.5, 0.6) is 0 Å². The third kappa shape index (κ3) is 3.24. The number of hydrogen-bond donors (Lipinski definition) is 3. The summed E-state index contributed by atoms with van der Waals surface area (Å²) in [5, 5.41) is 6.47. The van der Waals surface area contributed by atoms with E-state index >= 15 is 14.4 Å². The van der Waals surface area contributed by atoms with Gasteiger partial charge in [0, 0.05) is 32.3 Å². The lowest BCUT2D eigenvalue weighted by Gasteiger charge is -2.13. The molecule has 0 amide bonds. The van der Waals surface area contributed by atoms with Gasteiger partial charge in [-0.25, -0.2) is 0 Å². The molecule has 9 nitrogen and oxygen atoms in total. The summed E-state index contributed by atoms with van der Waals surface area (Å²) >= 11 is 0. The molecule has 0 atom stereocenters. The van der Waals surface area contributed by atoms with Crippen LogP contribution in [0.4, 0.5) is 0 Å². The van der Waals surface area contributed by atoms with Gasteiger partial charge in [-0.1, -0.05) is 54.6 Å². The molecular formula is C45H21N3O6. The van der Waals surface area contributed by atoms with E-state index in [2.05, 4.69) is 15.0 Å². The lowest BCUT2D eigenvalue weighted by atomic mass is 9.97. The Hall–Kier alpha value is -7.65. The monoisotopic (exact) mass is 699 g/mol. The minimum absolute atomic E-state index is 0.170. The Bertz CT molecular complexity index is 3650. The minimum atomic E-state index is -0.378. The van der Waals surface area contributed by atoms with Crippen molar-refractivity contribution in [3.63, 3.8) is 0 Å². The van der Waals surface area contributed by atoms with Crippen molar-refractivity contribution in [2.75, 3.05) is 0 Å². The van der Waals surface area contributed by atoms with Crippen LogP contribution >= 0.6 is 0 Å². The summed E-state index contributed by atoms with van der Waals surface area (Å²) in [4.78, 5) is 55.9. The number of H-pyrrole nitrogens is 3. The van der Waals surface area contributed by atoms with Crippen LogP contribution in [-0.2, 0) is 0 Å². The third-order valence-corrected chi connectivity index (χ3v) is 11.3. The highest BCUT2D eigenvalue weighted by Crippen LogP contribution is 2.39. The van der Waals surface area contributed by atoms with Gasteiger partial charge in [0.05, 0.1) is 65.4 Å². The Morgan fingerprint density at radius 1 is 0.315 bits per heavy atom. The maximum atomic E-state index is 15.2. The van der Waals surface area contributed by atoms with Crippen LogP contribution < -0.4 is 16.3 Å². The number of aromatic amines is 3. The number of nitrogens with one attached hydrogen (secondary N) is 3. The van der Waals surface area contributed by atoms with E-state index in [0.29, 0.717) is 82.8 Å². The minimum Gasteiger partial charge on any atom is -0.455 e. The summed E-state index contributed by atoms with van der Waals surface area (Å²) in [5.41, 5.74) is 4.44. The number of aromatic nitrogens is 3. The second-order valence-corrected chi connectivity index (χ2v) is 14.0. The first kappa shape index (κ1) is 28.0. The van der Waals surface area contributed by atoms with Gasteiger partial charge in [-0.3, -0.25) is 14.4 Å². The number of hydrogen-bond acceptors (Lipinski definition) is 6. The van der Waals surface area contributed by atoms with Gasteiger partial charge in [0.1, 0.15) is 33.5 Å². The highest BCUT2D eigenvalue weighted by Gasteiger charge is 2.26. The Labute approximate surface area is 298 Å². The summed E-state index contributed by atoms with van der Waals surface area (Å²) in [5.74, 6) is 0. The van der Waals surface area contributed by atoms with Crippen molar-refractivity contribution in [3.8, 4) is 0 Å². The molecule has 0 radical (unpaired) electrons. The quantitative estimate of drug-likeness (QED) is 0.106. The zero-order chi connectivity index (χ0) is 35.6. The van der Waals surface area contributed by atoms with Gasteiger partial charge in [0.15, 0.2) is 0 Å². The van der Waals surface area contributed by atoms with Crippen molar-refractivity contribution < 1.29 is 13.3 Å². The van der Waals surface area contributed by atoms with Gasteiger partial charge in [-0.2, -0.15) is 0 Å². The highest BCUT2D eigenvalue weighted by atomic mass is 16.3. The number of pyridine rings is 3. The van der Waals surface area contributed by atoms with E-state index in [1.807, 2.05) is 109 Å². The molecule has 13 rings (SSSR count). The van der Waals surface area contributed by atoms with E-state index in [1.54, 1.807) is 0 Å². The van der Waals surface area contributed by atoms with Crippen LogP contribution in [-0.4, -0.2) is 15.0 Å². The van der Waals surface area contributed by atoms with Gasteiger partial charge >= 0.3 is 0 Å². The number of para-hydroxylation sites is 3. The van der Waals surface area contributed by atoms with Crippen molar-refractivity contribution in [1.29, 1.82) is 0 Å². The molecule has 0 saturated carbocycles. The molecule has 54 heavy (non-hydrogen) atoms. The second-order valence-electron chi connectivity index (χ2n) is 14.0. The molecule has 0 saturated heterocycles. The molecule has 6 aromatic heterocycles. The van der Waals surface area contributed by atoms with Crippen LogP contribution in [0.2, 0.25) is 0 Å². The summed E-state index contributed by atoms with van der Waals surface area (Å²) in [6, 6.07) is 34.2. The van der Waals surface area contributed by atoms with E-state index in [9.17, 15) is 0 Å². The van der Waals surface area contributed by atoms with Crippen molar-refractivity contribution >= 4 is 131 Å². The zero-order valence-electron chi connectivity index (χ0n) is 27.8. The first-order chi connectivity index (χ1) is 26.5. The maximum Gasteiger partial charge on any atom is 0.203 e. The average molecular weight is 700 g/mol. The molecule has 0 aliphatic rings. The Morgan fingerprint density at radius 3 is 0.926 bits per heavy atom. The fraction of sp³-hybridized carbons (Fsp3) is 0. The van der Waals surface area contributed by atoms with Crippen LogP contribution in [0.15, 0.2) is 137 Å². The molecule has 0 aliphatic carbocycles. The number of benzene rings is 7. The van der Waals surface area contributed by atoms with Gasteiger partial charge in [0.25, 0.3) is 0 Å². The predicted octanol–water partition coefficient (Wildman–Crippen LogP) is 10.4. The molecule has 0 unspecified atom stereocenters. The molecular weight excluding hydrogens is 679 g/mol. The summed E-state index contributed by atoms with van der Waals surface area (Å²) in [7, 11) is 0. The van der Waals surface area contributed by atoms with Crippen LogP contribution in [0.25, 0.3) is 131 Å². The summed E-state index contributed by atoms with van der Waals surface area (Å²) in [6.45, 7) is 0. The summed E-state index contributed by atoms with van der Waals surface area (Å²) < 4.78 is 19.0. The lowest BCUT2D eigenvalue weighted by molar-refractivity contribution is 0.672. The van der Waals surface area contributed by atoms with Crippen molar-refractivity contribution in [2.24, 2.45) is 0 Å². The second kappa shape index (κ2) is 9.41. The van der Waals surface area contributed by atoms with E-state index in [0.717, 1.165) is 32.3 Å². The number of rotatable bonds is 0. The average Bonchev–Trinajstić information content (AvgIpc) is 3.88. The van der Waals surface area contributed by atoms with E-state index in [1.165, 1.54) is 0 Å². The lowest BCUT2D eigenvalue weighted by Crippen LogP contribution is -2.15. The molecule has 6 heterocycles. The van der Waals surface area contributed by atoms with Crippen molar-refractivity contribution in [1.82, 2.24) is 15.0 Å². The summed E-state index contributed by atoms with van der Waals surface area (Å²) in [6.07, 6.45) is 0. The Balaban J connectivity index is 1.32. The molecule has 3 N–H and O–H groups in total.